The average molecular weight is 188 g/mol. The van der Waals surface area contributed by atoms with Crippen molar-refractivity contribution in [3.8, 4) is 11.8 Å². The molecule has 2 rings (SSSR count). The molecule has 1 aliphatic heterocycles. The summed E-state index contributed by atoms with van der Waals surface area (Å²) in [6.07, 6.45) is 0.871. The van der Waals surface area contributed by atoms with E-state index in [4.69, 9.17) is 10.00 Å². The van der Waals surface area contributed by atoms with Gasteiger partial charge in [-0.3, -0.25) is 0 Å². The van der Waals surface area contributed by atoms with Crippen LogP contribution in [0.3, 0.4) is 0 Å². The van der Waals surface area contributed by atoms with E-state index in [1.165, 1.54) is 0 Å². The molecule has 0 saturated heterocycles. The van der Waals surface area contributed by atoms with E-state index in [9.17, 15) is 0 Å². The Morgan fingerprint density at radius 2 is 2.43 bits per heavy atom. The second-order valence-electron chi connectivity index (χ2n) is 3.39. The van der Waals surface area contributed by atoms with Crippen LogP contribution in [0.2, 0.25) is 0 Å². The molecular weight excluding hydrogens is 176 g/mol. The van der Waals surface area contributed by atoms with Gasteiger partial charge in [-0.25, -0.2) is 0 Å². The molecule has 72 valence electrons. The first-order chi connectivity index (χ1) is 6.85. The van der Waals surface area contributed by atoms with E-state index in [-0.39, 0.29) is 0 Å². The summed E-state index contributed by atoms with van der Waals surface area (Å²) < 4.78 is 5.56. The summed E-state index contributed by atoms with van der Waals surface area (Å²) in [6, 6.07) is 8.12. The summed E-state index contributed by atoms with van der Waals surface area (Å²) in [5, 5.41) is 12.1. The van der Waals surface area contributed by atoms with Crippen molar-refractivity contribution in [2.45, 2.75) is 12.5 Å². The van der Waals surface area contributed by atoms with Crippen LogP contribution in [-0.2, 0) is 6.42 Å². The molecule has 1 atom stereocenters. The minimum atomic E-state index is 0.317. The topological polar surface area (TPSA) is 45.0 Å². The van der Waals surface area contributed by atoms with Crippen LogP contribution in [0.1, 0.15) is 11.1 Å². The Balaban J connectivity index is 2.39. The maximum atomic E-state index is 8.93. The van der Waals surface area contributed by atoms with Gasteiger partial charge in [0, 0.05) is 11.6 Å². The zero-order valence-electron chi connectivity index (χ0n) is 8.08. The van der Waals surface area contributed by atoms with Crippen LogP contribution in [0.5, 0.6) is 5.75 Å². The highest BCUT2D eigenvalue weighted by molar-refractivity contribution is 5.48. The Labute approximate surface area is 83.3 Å². The van der Waals surface area contributed by atoms with Gasteiger partial charge in [0.25, 0.3) is 0 Å². The van der Waals surface area contributed by atoms with Gasteiger partial charge < -0.3 is 10.1 Å². The fourth-order valence-electron chi connectivity index (χ4n) is 1.70. The van der Waals surface area contributed by atoms with Crippen molar-refractivity contribution >= 4 is 0 Å². The zero-order chi connectivity index (χ0) is 9.97. The van der Waals surface area contributed by atoms with Crippen molar-refractivity contribution in [2.75, 3.05) is 13.7 Å². The normalized spacial score (nSPS) is 19.3. The number of likely N-dealkylation sites (N-methyl/N-ethyl adjacent to an activating group) is 1. The first-order valence-corrected chi connectivity index (χ1v) is 4.67. The molecular formula is C11H12N2O. The molecule has 1 aliphatic rings. The molecule has 1 aromatic rings. The average Bonchev–Trinajstić information content (AvgIpc) is 2.27. The van der Waals surface area contributed by atoms with Gasteiger partial charge in [-0.05, 0) is 25.6 Å². The van der Waals surface area contributed by atoms with E-state index in [1.54, 1.807) is 0 Å². The lowest BCUT2D eigenvalue weighted by Gasteiger charge is -2.25. The summed E-state index contributed by atoms with van der Waals surface area (Å²) in [4.78, 5) is 0. The molecule has 0 bridgehead atoms. The Bertz CT molecular complexity index is 381. The molecule has 3 nitrogen and oxygen atoms in total. The van der Waals surface area contributed by atoms with Crippen LogP contribution in [0.15, 0.2) is 18.2 Å². The Morgan fingerprint density at radius 1 is 1.57 bits per heavy atom. The van der Waals surface area contributed by atoms with Gasteiger partial charge >= 0.3 is 0 Å². The van der Waals surface area contributed by atoms with Crippen LogP contribution in [0, 0.1) is 11.3 Å². The molecule has 0 fully saturated rings. The smallest absolute Gasteiger partial charge is 0.123 e. The van der Waals surface area contributed by atoms with Gasteiger partial charge in [0.05, 0.1) is 11.6 Å². The monoisotopic (exact) mass is 188 g/mol. The van der Waals surface area contributed by atoms with Gasteiger partial charge in [-0.1, -0.05) is 6.07 Å². The Morgan fingerprint density at radius 3 is 3.14 bits per heavy atom. The van der Waals surface area contributed by atoms with E-state index in [1.807, 2.05) is 25.2 Å². The molecule has 0 saturated carbocycles. The summed E-state index contributed by atoms with van der Waals surface area (Å²) in [7, 11) is 1.91. The maximum Gasteiger partial charge on any atom is 0.123 e. The standard InChI is InChI=1S/C11H12N2O/c1-13-9-5-10-8(6-12)3-2-4-11(10)14-7-9/h2-4,9,13H,5,7H2,1H3. The summed E-state index contributed by atoms with van der Waals surface area (Å²) in [5.74, 6) is 0.857. The predicted octanol–water partition coefficient (Wildman–Crippen LogP) is 1.08. The predicted molar refractivity (Wildman–Crippen MR) is 53.2 cm³/mol. The molecule has 1 unspecified atom stereocenters. The fourth-order valence-corrected chi connectivity index (χ4v) is 1.70. The van der Waals surface area contributed by atoms with Crippen molar-refractivity contribution in [1.29, 1.82) is 5.26 Å². The molecule has 14 heavy (non-hydrogen) atoms. The fraction of sp³-hybridized carbons (Fsp3) is 0.364. The highest BCUT2D eigenvalue weighted by Gasteiger charge is 2.20. The van der Waals surface area contributed by atoms with E-state index >= 15 is 0 Å². The number of hydrogen-bond donors (Lipinski definition) is 1. The van der Waals surface area contributed by atoms with Gasteiger partial charge in [0.2, 0.25) is 0 Å². The Hall–Kier alpha value is -1.53. The van der Waals surface area contributed by atoms with E-state index in [0.717, 1.165) is 23.3 Å². The zero-order valence-corrected chi connectivity index (χ0v) is 8.08. The summed E-state index contributed by atoms with van der Waals surface area (Å²) in [5.41, 5.74) is 1.75. The van der Waals surface area contributed by atoms with Gasteiger partial charge in [0.1, 0.15) is 12.4 Å². The molecule has 0 spiro atoms. The number of benzene rings is 1. The number of fused-ring (bicyclic) bond motifs is 1. The highest BCUT2D eigenvalue weighted by Crippen LogP contribution is 2.27. The van der Waals surface area contributed by atoms with E-state index in [0.29, 0.717) is 12.6 Å². The third-order valence-corrected chi connectivity index (χ3v) is 2.55. The van der Waals surface area contributed by atoms with Crippen LogP contribution in [-0.4, -0.2) is 19.7 Å². The third kappa shape index (κ3) is 1.45. The van der Waals surface area contributed by atoms with Gasteiger partial charge in [-0.15, -0.1) is 0 Å². The van der Waals surface area contributed by atoms with Crippen molar-refractivity contribution < 1.29 is 4.74 Å². The maximum absolute atomic E-state index is 8.93. The van der Waals surface area contributed by atoms with Crippen LogP contribution >= 0.6 is 0 Å². The number of nitrogens with one attached hydrogen (secondary N) is 1. The number of nitriles is 1. The lowest BCUT2D eigenvalue weighted by Crippen LogP contribution is -2.37. The number of ether oxygens (including phenoxy) is 1. The van der Waals surface area contributed by atoms with Crippen molar-refractivity contribution in [3.05, 3.63) is 29.3 Å². The van der Waals surface area contributed by atoms with Crippen LogP contribution < -0.4 is 10.1 Å². The van der Waals surface area contributed by atoms with Crippen molar-refractivity contribution in [3.63, 3.8) is 0 Å². The number of hydrogen-bond acceptors (Lipinski definition) is 3. The first-order valence-electron chi connectivity index (χ1n) is 4.67. The van der Waals surface area contributed by atoms with Crippen LogP contribution in [0.25, 0.3) is 0 Å². The highest BCUT2D eigenvalue weighted by atomic mass is 16.5. The van der Waals surface area contributed by atoms with E-state index in [2.05, 4.69) is 11.4 Å². The third-order valence-electron chi connectivity index (χ3n) is 2.55. The van der Waals surface area contributed by atoms with E-state index < -0.39 is 0 Å². The molecule has 0 amide bonds. The lowest BCUT2D eigenvalue weighted by molar-refractivity contribution is 0.245. The molecule has 0 aromatic heterocycles. The summed E-state index contributed by atoms with van der Waals surface area (Å²) >= 11 is 0. The first kappa shape index (κ1) is 9.04. The molecule has 3 heteroatoms. The molecule has 0 radical (unpaired) electrons. The minimum Gasteiger partial charge on any atom is -0.492 e. The van der Waals surface area contributed by atoms with Crippen LogP contribution in [0.4, 0.5) is 0 Å². The lowest BCUT2D eigenvalue weighted by atomic mass is 9.98. The molecule has 1 heterocycles. The number of rotatable bonds is 1. The Kier molecular flexibility index (Phi) is 2.38. The largest absolute Gasteiger partial charge is 0.492 e. The minimum absolute atomic E-state index is 0.317. The SMILES string of the molecule is CNC1COc2cccc(C#N)c2C1. The molecule has 0 aliphatic carbocycles. The summed E-state index contributed by atoms with van der Waals surface area (Å²) in [6.45, 7) is 0.679. The molecule has 1 N–H and O–H groups in total. The van der Waals surface area contributed by atoms with Crippen molar-refractivity contribution in [2.24, 2.45) is 0 Å². The quantitative estimate of drug-likeness (QED) is 0.717. The second-order valence-corrected chi connectivity index (χ2v) is 3.39. The van der Waals surface area contributed by atoms with Gasteiger partial charge in [0.15, 0.2) is 0 Å². The second kappa shape index (κ2) is 3.69. The molecule has 1 aromatic carbocycles. The van der Waals surface area contributed by atoms with Crippen molar-refractivity contribution in [1.82, 2.24) is 5.32 Å². The van der Waals surface area contributed by atoms with Gasteiger partial charge in [-0.2, -0.15) is 5.26 Å². The number of nitrogens with zero attached hydrogens (tertiary/aromatic N) is 1.